The summed E-state index contributed by atoms with van der Waals surface area (Å²) in [5, 5.41) is 5.18. The number of carbonyl (C=O) groups excluding carboxylic acids is 1. The van der Waals surface area contributed by atoms with Crippen LogP contribution in [0.5, 0.6) is 0 Å². The molecule has 1 aliphatic heterocycles. The van der Waals surface area contributed by atoms with Crippen molar-refractivity contribution in [1.82, 2.24) is 19.8 Å². The molecule has 4 rings (SSSR count). The maximum atomic E-state index is 12.4. The number of pyridine rings is 1. The Morgan fingerprint density at radius 1 is 1.10 bits per heavy atom. The van der Waals surface area contributed by atoms with Crippen LogP contribution in [0.1, 0.15) is 24.8 Å². The molecule has 1 aliphatic rings. The van der Waals surface area contributed by atoms with Crippen molar-refractivity contribution in [3.8, 4) is 0 Å². The SMILES string of the molecule is O=C(Cn1ccc2c(SCc3ccccc3)nccc21)NCCCN1CCCC1. The van der Waals surface area contributed by atoms with Gasteiger partial charge >= 0.3 is 0 Å². The van der Waals surface area contributed by atoms with Gasteiger partial charge in [0.25, 0.3) is 0 Å². The zero-order valence-electron chi connectivity index (χ0n) is 16.7. The first-order chi connectivity index (χ1) is 14.3. The first-order valence-corrected chi connectivity index (χ1v) is 11.4. The normalized spacial score (nSPS) is 14.5. The molecule has 0 saturated carbocycles. The van der Waals surface area contributed by atoms with Gasteiger partial charge in [0.2, 0.25) is 5.91 Å². The van der Waals surface area contributed by atoms with E-state index in [4.69, 9.17) is 0 Å². The zero-order valence-corrected chi connectivity index (χ0v) is 17.5. The zero-order chi connectivity index (χ0) is 19.9. The Morgan fingerprint density at radius 3 is 2.76 bits per heavy atom. The van der Waals surface area contributed by atoms with E-state index in [1.54, 1.807) is 11.8 Å². The molecule has 1 aromatic carbocycles. The van der Waals surface area contributed by atoms with Crippen molar-refractivity contribution in [1.29, 1.82) is 0 Å². The number of benzene rings is 1. The maximum absolute atomic E-state index is 12.4. The van der Waals surface area contributed by atoms with Crippen LogP contribution in [-0.4, -0.2) is 46.5 Å². The Morgan fingerprint density at radius 2 is 1.93 bits per heavy atom. The van der Waals surface area contributed by atoms with Crippen molar-refractivity contribution < 1.29 is 4.79 Å². The molecule has 5 nitrogen and oxygen atoms in total. The minimum absolute atomic E-state index is 0.0687. The van der Waals surface area contributed by atoms with Crippen LogP contribution in [0, 0.1) is 0 Å². The molecule has 1 saturated heterocycles. The van der Waals surface area contributed by atoms with Crippen LogP contribution >= 0.6 is 11.8 Å². The smallest absolute Gasteiger partial charge is 0.239 e. The lowest BCUT2D eigenvalue weighted by Crippen LogP contribution is -2.30. The van der Waals surface area contributed by atoms with Crippen LogP contribution in [0.2, 0.25) is 0 Å². The second-order valence-corrected chi connectivity index (χ2v) is 8.48. The summed E-state index contributed by atoms with van der Waals surface area (Å²) >= 11 is 1.73. The second-order valence-electron chi connectivity index (χ2n) is 7.52. The van der Waals surface area contributed by atoms with Gasteiger partial charge in [0.1, 0.15) is 11.6 Å². The van der Waals surface area contributed by atoms with Crippen LogP contribution in [0.25, 0.3) is 10.9 Å². The fourth-order valence-electron chi connectivity index (χ4n) is 3.82. The molecule has 1 amide bonds. The van der Waals surface area contributed by atoms with Gasteiger partial charge in [0.15, 0.2) is 0 Å². The molecule has 3 aromatic rings. The number of fused-ring (bicyclic) bond motifs is 1. The van der Waals surface area contributed by atoms with Crippen molar-refractivity contribution in [3.63, 3.8) is 0 Å². The number of hydrogen-bond acceptors (Lipinski definition) is 4. The van der Waals surface area contributed by atoms with Gasteiger partial charge in [-0.3, -0.25) is 4.79 Å². The number of hydrogen-bond donors (Lipinski definition) is 1. The van der Waals surface area contributed by atoms with Gasteiger partial charge in [0, 0.05) is 30.1 Å². The van der Waals surface area contributed by atoms with Crippen molar-refractivity contribution in [3.05, 3.63) is 60.4 Å². The molecular formula is C23H28N4OS. The summed E-state index contributed by atoms with van der Waals surface area (Å²) in [5.41, 5.74) is 2.34. The molecule has 1 N–H and O–H groups in total. The largest absolute Gasteiger partial charge is 0.355 e. The Hall–Kier alpha value is -2.31. The average molecular weight is 409 g/mol. The lowest BCUT2D eigenvalue weighted by atomic mass is 10.2. The van der Waals surface area contributed by atoms with Crippen LogP contribution in [0.3, 0.4) is 0 Å². The molecule has 1 fully saturated rings. The molecule has 2 aromatic heterocycles. The number of aromatic nitrogens is 2. The molecule has 152 valence electrons. The first kappa shape index (κ1) is 20.0. The van der Waals surface area contributed by atoms with Crippen molar-refractivity contribution >= 4 is 28.6 Å². The van der Waals surface area contributed by atoms with Crippen molar-refractivity contribution in [2.45, 2.75) is 36.6 Å². The fourth-order valence-corrected chi connectivity index (χ4v) is 4.78. The Labute approximate surface area is 176 Å². The molecule has 6 heteroatoms. The lowest BCUT2D eigenvalue weighted by molar-refractivity contribution is -0.121. The Kier molecular flexibility index (Phi) is 6.85. The molecule has 29 heavy (non-hydrogen) atoms. The topological polar surface area (TPSA) is 50.2 Å². The third-order valence-corrected chi connectivity index (χ3v) is 6.44. The van der Waals surface area contributed by atoms with E-state index in [9.17, 15) is 4.79 Å². The van der Waals surface area contributed by atoms with Gasteiger partial charge in [-0.15, -0.1) is 11.8 Å². The predicted octanol–water partition coefficient (Wildman–Crippen LogP) is 3.93. The van der Waals surface area contributed by atoms with Gasteiger partial charge in [-0.2, -0.15) is 0 Å². The van der Waals surface area contributed by atoms with Crippen LogP contribution in [0.4, 0.5) is 0 Å². The third kappa shape index (κ3) is 5.40. The standard InChI is InChI=1S/C23H28N4OS/c28-22(24-11-6-15-26-13-4-5-14-26)17-27-16-10-20-21(27)9-12-25-23(20)29-18-19-7-2-1-3-8-19/h1-3,7-10,12,16H,4-6,11,13-15,17-18H2,(H,24,28). The highest BCUT2D eigenvalue weighted by Gasteiger charge is 2.12. The Balaban J connectivity index is 1.31. The van der Waals surface area contributed by atoms with Crippen molar-refractivity contribution in [2.24, 2.45) is 0 Å². The van der Waals surface area contributed by atoms with Crippen LogP contribution in [0.15, 0.2) is 59.9 Å². The number of nitrogens with zero attached hydrogens (tertiary/aromatic N) is 3. The first-order valence-electron chi connectivity index (χ1n) is 10.4. The van der Waals surface area contributed by atoms with E-state index in [1.165, 1.54) is 31.5 Å². The molecule has 0 radical (unpaired) electrons. The van der Waals surface area contributed by atoms with Gasteiger partial charge < -0.3 is 14.8 Å². The predicted molar refractivity (Wildman–Crippen MR) is 119 cm³/mol. The summed E-state index contributed by atoms with van der Waals surface area (Å²) in [5.74, 6) is 0.953. The number of amides is 1. The van der Waals surface area contributed by atoms with Crippen LogP contribution < -0.4 is 5.32 Å². The van der Waals surface area contributed by atoms with Gasteiger partial charge in [-0.1, -0.05) is 30.3 Å². The molecular weight excluding hydrogens is 380 g/mol. The lowest BCUT2D eigenvalue weighted by Gasteiger charge is -2.14. The van der Waals surface area contributed by atoms with E-state index >= 15 is 0 Å². The number of thioether (sulfide) groups is 1. The summed E-state index contributed by atoms with van der Waals surface area (Å²) in [6.45, 7) is 4.60. The number of nitrogens with one attached hydrogen (secondary N) is 1. The molecule has 0 atom stereocenters. The maximum Gasteiger partial charge on any atom is 0.239 e. The average Bonchev–Trinajstić information content (AvgIpc) is 3.41. The van der Waals surface area contributed by atoms with Gasteiger partial charge in [-0.25, -0.2) is 4.98 Å². The minimum atomic E-state index is 0.0687. The molecule has 0 unspecified atom stereocenters. The van der Waals surface area contributed by atoms with E-state index < -0.39 is 0 Å². The number of carbonyl (C=O) groups is 1. The highest BCUT2D eigenvalue weighted by molar-refractivity contribution is 7.98. The highest BCUT2D eigenvalue weighted by Crippen LogP contribution is 2.29. The Bertz CT molecular complexity index is 934. The van der Waals surface area contributed by atoms with Crippen LogP contribution in [-0.2, 0) is 17.1 Å². The quantitative estimate of drug-likeness (QED) is 0.431. The molecule has 0 spiro atoms. The van der Waals surface area contributed by atoms with Gasteiger partial charge in [-0.05, 0) is 56.6 Å². The van der Waals surface area contributed by atoms with E-state index in [-0.39, 0.29) is 5.91 Å². The fraction of sp³-hybridized carbons (Fsp3) is 0.391. The highest BCUT2D eigenvalue weighted by atomic mass is 32.2. The number of likely N-dealkylation sites (tertiary alicyclic amines) is 1. The molecule has 0 bridgehead atoms. The van der Waals surface area contributed by atoms with Gasteiger partial charge in [0.05, 0.1) is 5.52 Å². The van der Waals surface area contributed by atoms with E-state index in [0.717, 1.165) is 41.2 Å². The molecule has 3 heterocycles. The van der Waals surface area contributed by atoms with Crippen molar-refractivity contribution in [2.75, 3.05) is 26.2 Å². The monoisotopic (exact) mass is 408 g/mol. The minimum Gasteiger partial charge on any atom is -0.355 e. The summed E-state index contributed by atoms with van der Waals surface area (Å²) in [4.78, 5) is 19.4. The third-order valence-electron chi connectivity index (χ3n) is 5.37. The summed E-state index contributed by atoms with van der Waals surface area (Å²) in [6, 6.07) is 14.5. The molecule has 0 aliphatic carbocycles. The van der Waals surface area contributed by atoms with E-state index in [1.807, 2.05) is 29.1 Å². The summed E-state index contributed by atoms with van der Waals surface area (Å²) < 4.78 is 2.01. The van der Waals surface area contributed by atoms with E-state index in [0.29, 0.717) is 6.54 Å². The number of rotatable bonds is 9. The summed E-state index contributed by atoms with van der Waals surface area (Å²) in [6.07, 6.45) is 7.46. The summed E-state index contributed by atoms with van der Waals surface area (Å²) in [7, 11) is 0. The second kappa shape index (κ2) is 9.94. The van der Waals surface area contributed by atoms with E-state index in [2.05, 4.69) is 45.5 Å².